The molecule has 0 radical (unpaired) electrons. The lowest BCUT2D eigenvalue weighted by atomic mass is 10.0. The fourth-order valence-electron chi connectivity index (χ4n) is 1.48. The van der Waals surface area contributed by atoms with E-state index in [0.29, 0.717) is 6.61 Å². The lowest BCUT2D eigenvalue weighted by molar-refractivity contribution is 0.0826. The van der Waals surface area contributed by atoms with Gasteiger partial charge in [0.15, 0.2) is 5.78 Å². The van der Waals surface area contributed by atoms with Gasteiger partial charge in [0.1, 0.15) is 0 Å². The Morgan fingerprint density at radius 3 is 2.53 bits per heavy atom. The summed E-state index contributed by atoms with van der Waals surface area (Å²) < 4.78 is 5.99. The molecule has 1 aromatic carbocycles. The van der Waals surface area contributed by atoms with Crippen molar-refractivity contribution in [3.8, 4) is 0 Å². The summed E-state index contributed by atoms with van der Waals surface area (Å²) in [5, 5.41) is 0. The van der Waals surface area contributed by atoms with Crippen molar-refractivity contribution in [2.24, 2.45) is 0 Å². The van der Waals surface area contributed by atoms with Gasteiger partial charge >= 0.3 is 0 Å². The van der Waals surface area contributed by atoms with Crippen LogP contribution in [0.4, 0.5) is 0 Å². The highest BCUT2D eigenvalue weighted by Crippen LogP contribution is 2.13. The van der Waals surface area contributed by atoms with E-state index in [1.807, 2.05) is 43.1 Å². The van der Waals surface area contributed by atoms with Crippen LogP contribution in [-0.4, -0.2) is 44.0 Å². The number of benzene rings is 1. The zero-order valence-corrected chi connectivity index (χ0v) is 12.0. The van der Waals surface area contributed by atoms with Crippen LogP contribution in [0.3, 0.4) is 0 Å². The average Bonchev–Trinajstić information content (AvgIpc) is 2.35. The number of rotatable bonds is 6. The molecule has 0 N–H and O–H groups in total. The zero-order valence-electron chi connectivity index (χ0n) is 10.4. The number of hydrogen-bond acceptors (Lipinski definition) is 3. The molecule has 4 heteroatoms. The van der Waals surface area contributed by atoms with Crippen molar-refractivity contribution >= 4 is 21.7 Å². The lowest BCUT2D eigenvalue weighted by Crippen LogP contribution is -2.38. The second kappa shape index (κ2) is 6.89. The largest absolute Gasteiger partial charge is 0.383 e. The number of ether oxygens (including phenoxy) is 1. The first-order valence-corrected chi connectivity index (χ1v) is 6.34. The number of nitrogens with zero attached hydrogens (tertiary/aromatic N) is 1. The molecule has 94 valence electrons. The molecule has 1 aromatic rings. The third-order valence-electron chi connectivity index (χ3n) is 2.82. The van der Waals surface area contributed by atoms with Gasteiger partial charge in [-0.2, -0.15) is 0 Å². The van der Waals surface area contributed by atoms with Crippen LogP contribution in [0.1, 0.15) is 17.3 Å². The summed E-state index contributed by atoms with van der Waals surface area (Å²) in [4.78, 5) is 14.2. The summed E-state index contributed by atoms with van der Waals surface area (Å²) in [6.45, 7) is 3.30. The molecule has 0 heterocycles. The topological polar surface area (TPSA) is 29.5 Å². The molecule has 0 spiro atoms. The first-order chi connectivity index (χ1) is 8.06. The Balaban J connectivity index is 2.65. The number of methoxy groups -OCH3 is 1. The van der Waals surface area contributed by atoms with Crippen molar-refractivity contribution in [2.75, 3.05) is 27.3 Å². The fraction of sp³-hybridized carbons (Fsp3) is 0.462. The van der Waals surface area contributed by atoms with Gasteiger partial charge in [-0.25, -0.2) is 0 Å². The Morgan fingerprint density at radius 1 is 1.41 bits per heavy atom. The maximum atomic E-state index is 12.2. The molecule has 0 aliphatic rings. The number of hydrogen-bond donors (Lipinski definition) is 0. The second-order valence-electron chi connectivity index (χ2n) is 4.02. The fourth-order valence-corrected chi connectivity index (χ4v) is 1.75. The molecule has 0 fully saturated rings. The lowest BCUT2D eigenvalue weighted by Gasteiger charge is -2.23. The van der Waals surface area contributed by atoms with Gasteiger partial charge in [-0.05, 0) is 26.1 Å². The van der Waals surface area contributed by atoms with Crippen LogP contribution in [0.2, 0.25) is 0 Å². The predicted octanol–water partition coefficient (Wildman–Crippen LogP) is 2.60. The monoisotopic (exact) mass is 299 g/mol. The molecule has 0 aromatic heterocycles. The second-order valence-corrected chi connectivity index (χ2v) is 4.94. The molecule has 3 nitrogen and oxygen atoms in total. The number of Topliss-reactive ketones (excluding diaryl/α,β-unsaturated/α-hetero) is 1. The van der Waals surface area contributed by atoms with E-state index in [1.54, 1.807) is 7.11 Å². The molecular weight excluding hydrogens is 282 g/mol. The highest BCUT2D eigenvalue weighted by atomic mass is 79.9. The Labute approximate surface area is 111 Å². The van der Waals surface area contributed by atoms with Crippen LogP contribution in [-0.2, 0) is 4.74 Å². The van der Waals surface area contributed by atoms with E-state index in [1.165, 1.54) is 0 Å². The average molecular weight is 300 g/mol. The van der Waals surface area contributed by atoms with Gasteiger partial charge in [-0.15, -0.1) is 0 Å². The summed E-state index contributed by atoms with van der Waals surface area (Å²) in [5.41, 5.74) is 0.741. The van der Waals surface area contributed by atoms with Crippen molar-refractivity contribution in [3.63, 3.8) is 0 Å². The smallest absolute Gasteiger partial charge is 0.179 e. The number of carbonyl (C=O) groups is 1. The maximum Gasteiger partial charge on any atom is 0.179 e. The van der Waals surface area contributed by atoms with E-state index in [2.05, 4.69) is 15.9 Å². The van der Waals surface area contributed by atoms with Crippen molar-refractivity contribution in [2.45, 2.75) is 13.0 Å². The minimum Gasteiger partial charge on any atom is -0.383 e. The van der Waals surface area contributed by atoms with Crippen LogP contribution in [0.5, 0.6) is 0 Å². The number of halogens is 1. The van der Waals surface area contributed by atoms with Crippen molar-refractivity contribution in [1.82, 2.24) is 4.90 Å². The molecule has 1 atom stereocenters. The van der Waals surface area contributed by atoms with Gasteiger partial charge in [0.2, 0.25) is 0 Å². The van der Waals surface area contributed by atoms with Crippen LogP contribution in [0, 0.1) is 0 Å². The Kier molecular flexibility index (Phi) is 5.82. The number of likely N-dealkylation sites (N-methyl/N-ethyl adjacent to an activating group) is 1. The third kappa shape index (κ3) is 4.22. The van der Waals surface area contributed by atoms with Crippen molar-refractivity contribution in [3.05, 3.63) is 34.3 Å². The van der Waals surface area contributed by atoms with Crippen molar-refractivity contribution in [1.29, 1.82) is 0 Å². The summed E-state index contributed by atoms with van der Waals surface area (Å²) in [7, 11) is 3.59. The molecule has 1 unspecified atom stereocenters. The van der Waals surface area contributed by atoms with Crippen LogP contribution >= 0.6 is 15.9 Å². The van der Waals surface area contributed by atoms with Gasteiger partial charge in [0, 0.05) is 23.7 Å². The predicted molar refractivity (Wildman–Crippen MR) is 72.4 cm³/mol. The molecular formula is C13H18BrNO2. The van der Waals surface area contributed by atoms with Gasteiger partial charge in [0.25, 0.3) is 0 Å². The quantitative estimate of drug-likeness (QED) is 0.756. The van der Waals surface area contributed by atoms with E-state index < -0.39 is 0 Å². The summed E-state index contributed by atoms with van der Waals surface area (Å²) in [6, 6.07) is 7.32. The highest BCUT2D eigenvalue weighted by molar-refractivity contribution is 9.10. The molecule has 0 saturated heterocycles. The van der Waals surface area contributed by atoms with E-state index in [0.717, 1.165) is 16.6 Å². The molecule has 0 bridgehead atoms. The molecule has 0 aliphatic carbocycles. The third-order valence-corrected chi connectivity index (χ3v) is 3.35. The van der Waals surface area contributed by atoms with Gasteiger partial charge < -0.3 is 4.74 Å². The standard InChI is InChI=1S/C13H18BrNO2/c1-10(15(2)8-9-17-3)13(16)11-4-6-12(14)7-5-11/h4-7,10H,8-9H2,1-3H3. The Hall–Kier alpha value is -0.710. The van der Waals surface area contributed by atoms with E-state index in [-0.39, 0.29) is 11.8 Å². The summed E-state index contributed by atoms with van der Waals surface area (Å²) >= 11 is 3.36. The van der Waals surface area contributed by atoms with E-state index >= 15 is 0 Å². The molecule has 1 rings (SSSR count). The molecule has 0 aliphatic heterocycles. The minimum atomic E-state index is -0.133. The number of ketones is 1. The summed E-state index contributed by atoms with van der Waals surface area (Å²) in [6.07, 6.45) is 0. The zero-order chi connectivity index (χ0) is 12.8. The van der Waals surface area contributed by atoms with Crippen LogP contribution < -0.4 is 0 Å². The van der Waals surface area contributed by atoms with Crippen LogP contribution in [0.25, 0.3) is 0 Å². The van der Waals surface area contributed by atoms with Crippen LogP contribution in [0.15, 0.2) is 28.7 Å². The molecule has 0 saturated carbocycles. The number of carbonyl (C=O) groups excluding carboxylic acids is 1. The van der Waals surface area contributed by atoms with Gasteiger partial charge in [-0.3, -0.25) is 9.69 Å². The first-order valence-electron chi connectivity index (χ1n) is 5.55. The molecule has 0 amide bonds. The molecule has 17 heavy (non-hydrogen) atoms. The first kappa shape index (κ1) is 14.4. The highest BCUT2D eigenvalue weighted by Gasteiger charge is 2.18. The van der Waals surface area contributed by atoms with E-state index in [4.69, 9.17) is 4.74 Å². The Morgan fingerprint density at radius 2 is 2.00 bits per heavy atom. The minimum absolute atomic E-state index is 0.133. The van der Waals surface area contributed by atoms with Gasteiger partial charge in [0.05, 0.1) is 12.6 Å². The summed E-state index contributed by atoms with van der Waals surface area (Å²) in [5.74, 6) is 0.135. The van der Waals surface area contributed by atoms with Gasteiger partial charge in [-0.1, -0.05) is 28.1 Å². The maximum absolute atomic E-state index is 12.2. The van der Waals surface area contributed by atoms with Crippen molar-refractivity contribution < 1.29 is 9.53 Å². The normalized spacial score (nSPS) is 12.8. The van der Waals surface area contributed by atoms with E-state index in [9.17, 15) is 4.79 Å². The Bertz CT molecular complexity index is 364. The SMILES string of the molecule is COCCN(C)C(C)C(=O)c1ccc(Br)cc1.